The zero-order chi connectivity index (χ0) is 8.27. The molecule has 2 N–H and O–H groups in total. The molecule has 0 saturated carbocycles. The van der Waals surface area contributed by atoms with E-state index in [9.17, 15) is 8.78 Å². The van der Waals surface area contributed by atoms with E-state index in [1.807, 2.05) is 0 Å². The number of hydrogen-bond donors (Lipinski definition) is 2. The van der Waals surface area contributed by atoms with E-state index < -0.39 is 12.6 Å². The topological polar surface area (TPSA) is 27.3 Å². The summed E-state index contributed by atoms with van der Waals surface area (Å²) in [6.07, 6.45) is -2.18. The Kier molecular flexibility index (Phi) is 3.16. The molecule has 2 atom stereocenters. The molecule has 66 valence electrons. The highest BCUT2D eigenvalue weighted by atomic mass is 19.1. The minimum Gasteiger partial charge on any atom is -0.307 e. The molecule has 0 amide bonds. The summed E-state index contributed by atoms with van der Waals surface area (Å²) in [6, 6.07) is 0. The van der Waals surface area contributed by atoms with Crippen molar-refractivity contribution in [3.05, 3.63) is 0 Å². The zero-order valence-corrected chi connectivity index (χ0v) is 6.48. The summed E-state index contributed by atoms with van der Waals surface area (Å²) in [5.74, 6) is 0. The predicted octanol–water partition coefficient (Wildman–Crippen LogP) is -0.340. The number of hydrogen-bond acceptors (Lipinski definition) is 3. The lowest BCUT2D eigenvalue weighted by atomic mass is 10.3. The second-order valence-electron chi connectivity index (χ2n) is 2.59. The normalized spacial score (nSPS) is 34.1. The highest BCUT2D eigenvalue weighted by Gasteiger charge is 2.26. The maximum atomic E-state index is 12.9. The average Bonchev–Trinajstić information content (AvgIpc) is 1.98. The monoisotopic (exact) mass is 165 g/mol. The van der Waals surface area contributed by atoms with Crippen molar-refractivity contribution >= 4 is 0 Å². The first-order chi connectivity index (χ1) is 5.24. The van der Waals surface area contributed by atoms with Crippen LogP contribution in [-0.4, -0.2) is 44.3 Å². The quantitative estimate of drug-likeness (QED) is 0.548. The molecule has 0 bridgehead atoms. The van der Waals surface area contributed by atoms with E-state index in [1.165, 1.54) is 4.90 Å². The third-order valence-electron chi connectivity index (χ3n) is 1.66. The first-order valence-electron chi connectivity index (χ1n) is 3.64. The first-order valence-corrected chi connectivity index (χ1v) is 3.64. The fourth-order valence-electron chi connectivity index (χ4n) is 1.11. The first kappa shape index (κ1) is 8.83. The van der Waals surface area contributed by atoms with Gasteiger partial charge in [0.05, 0.1) is 6.67 Å². The van der Waals surface area contributed by atoms with Crippen molar-refractivity contribution in [1.29, 1.82) is 0 Å². The van der Waals surface area contributed by atoms with Gasteiger partial charge in [-0.15, -0.1) is 0 Å². The number of halogens is 2. The zero-order valence-electron chi connectivity index (χ0n) is 6.48. The van der Waals surface area contributed by atoms with Crippen LogP contribution in [-0.2, 0) is 0 Å². The number of nitrogens with zero attached hydrogens (tertiary/aromatic N) is 1. The molecule has 0 aromatic heterocycles. The van der Waals surface area contributed by atoms with Crippen LogP contribution < -0.4 is 10.6 Å². The van der Waals surface area contributed by atoms with Crippen molar-refractivity contribution < 1.29 is 8.78 Å². The molecule has 0 aliphatic carbocycles. The molecule has 0 radical (unpaired) electrons. The molecular weight excluding hydrogens is 152 g/mol. The Balaban J connectivity index is 2.34. The van der Waals surface area contributed by atoms with Crippen LogP contribution in [0.2, 0.25) is 0 Å². The lowest BCUT2D eigenvalue weighted by Crippen LogP contribution is -2.55. The van der Waals surface area contributed by atoms with Crippen LogP contribution in [0.3, 0.4) is 0 Å². The molecule has 1 aliphatic heterocycles. The van der Waals surface area contributed by atoms with Crippen LogP contribution in [0.4, 0.5) is 8.78 Å². The van der Waals surface area contributed by atoms with Crippen molar-refractivity contribution in [2.75, 3.05) is 26.8 Å². The van der Waals surface area contributed by atoms with Crippen LogP contribution in [0.1, 0.15) is 0 Å². The summed E-state index contributed by atoms with van der Waals surface area (Å²) in [7, 11) is 1.71. The summed E-state index contributed by atoms with van der Waals surface area (Å²) in [5.41, 5.74) is 0. The summed E-state index contributed by atoms with van der Waals surface area (Å²) in [5, 5.41) is 5.19. The highest BCUT2D eigenvalue weighted by molar-refractivity contribution is 4.74. The van der Waals surface area contributed by atoms with Gasteiger partial charge in [0, 0.05) is 13.1 Å². The molecule has 1 saturated heterocycles. The van der Waals surface area contributed by atoms with E-state index >= 15 is 0 Å². The Morgan fingerprint density at radius 3 is 3.00 bits per heavy atom. The maximum Gasteiger partial charge on any atom is 0.167 e. The third kappa shape index (κ3) is 2.36. The molecule has 5 heteroatoms. The SMILES string of the molecule is CNCN1CC(F)NCC1F. The maximum absolute atomic E-state index is 12.9. The molecule has 1 rings (SSSR count). The molecule has 11 heavy (non-hydrogen) atoms. The van der Waals surface area contributed by atoms with Gasteiger partial charge in [-0.3, -0.25) is 10.2 Å². The van der Waals surface area contributed by atoms with E-state index in [4.69, 9.17) is 0 Å². The van der Waals surface area contributed by atoms with E-state index in [-0.39, 0.29) is 13.1 Å². The second kappa shape index (κ2) is 3.94. The molecule has 2 unspecified atom stereocenters. The van der Waals surface area contributed by atoms with Crippen molar-refractivity contribution in [2.45, 2.75) is 12.6 Å². The van der Waals surface area contributed by atoms with E-state index in [0.717, 1.165) is 0 Å². The summed E-state index contributed by atoms with van der Waals surface area (Å²) in [6.45, 7) is 0.577. The van der Waals surface area contributed by atoms with Crippen molar-refractivity contribution in [3.8, 4) is 0 Å². The number of nitrogens with one attached hydrogen (secondary N) is 2. The van der Waals surface area contributed by atoms with Crippen LogP contribution in [0.15, 0.2) is 0 Å². The Morgan fingerprint density at radius 2 is 2.36 bits per heavy atom. The van der Waals surface area contributed by atoms with Gasteiger partial charge in [-0.2, -0.15) is 0 Å². The standard InChI is InChI=1S/C6H13F2N3/c1-9-4-11-3-5(7)10-2-6(11)8/h5-6,9-10H,2-4H2,1H3. The van der Waals surface area contributed by atoms with Crippen LogP contribution in [0.5, 0.6) is 0 Å². The summed E-state index contributed by atoms with van der Waals surface area (Å²) < 4.78 is 25.4. The van der Waals surface area contributed by atoms with Gasteiger partial charge < -0.3 is 5.32 Å². The Hall–Kier alpha value is -0.260. The molecule has 1 aliphatic rings. The van der Waals surface area contributed by atoms with Gasteiger partial charge in [-0.25, -0.2) is 8.78 Å². The van der Waals surface area contributed by atoms with Gasteiger partial charge >= 0.3 is 0 Å². The largest absolute Gasteiger partial charge is 0.307 e. The van der Waals surface area contributed by atoms with E-state index in [0.29, 0.717) is 6.67 Å². The second-order valence-corrected chi connectivity index (χ2v) is 2.59. The smallest absolute Gasteiger partial charge is 0.167 e. The lowest BCUT2D eigenvalue weighted by molar-refractivity contribution is 0.00419. The van der Waals surface area contributed by atoms with Gasteiger partial charge in [0.25, 0.3) is 0 Å². The molecule has 1 fully saturated rings. The van der Waals surface area contributed by atoms with Gasteiger partial charge in [0.1, 0.15) is 0 Å². The van der Waals surface area contributed by atoms with Crippen molar-refractivity contribution in [2.24, 2.45) is 0 Å². The molecule has 0 aromatic rings. The van der Waals surface area contributed by atoms with Crippen molar-refractivity contribution in [1.82, 2.24) is 15.5 Å². The average molecular weight is 165 g/mol. The Morgan fingerprint density at radius 1 is 1.64 bits per heavy atom. The fourth-order valence-corrected chi connectivity index (χ4v) is 1.11. The van der Waals surface area contributed by atoms with Gasteiger partial charge in [-0.1, -0.05) is 0 Å². The number of piperazine rings is 1. The van der Waals surface area contributed by atoms with Gasteiger partial charge in [-0.05, 0) is 7.05 Å². The lowest BCUT2D eigenvalue weighted by Gasteiger charge is -2.32. The Bertz CT molecular complexity index is 122. The molecule has 3 nitrogen and oxygen atoms in total. The highest BCUT2D eigenvalue weighted by Crippen LogP contribution is 2.06. The van der Waals surface area contributed by atoms with E-state index in [2.05, 4.69) is 10.6 Å². The van der Waals surface area contributed by atoms with Crippen LogP contribution in [0.25, 0.3) is 0 Å². The van der Waals surface area contributed by atoms with Gasteiger partial charge in [0.2, 0.25) is 0 Å². The van der Waals surface area contributed by atoms with Crippen molar-refractivity contribution in [3.63, 3.8) is 0 Å². The summed E-state index contributed by atoms with van der Waals surface area (Å²) >= 11 is 0. The fraction of sp³-hybridized carbons (Fsp3) is 1.00. The predicted molar refractivity (Wildman–Crippen MR) is 38.4 cm³/mol. The van der Waals surface area contributed by atoms with E-state index in [1.54, 1.807) is 7.05 Å². The summed E-state index contributed by atoms with van der Waals surface area (Å²) in [4.78, 5) is 1.42. The molecule has 0 aromatic carbocycles. The molecular formula is C6H13F2N3. The van der Waals surface area contributed by atoms with Crippen LogP contribution >= 0.6 is 0 Å². The Labute approximate surface area is 64.7 Å². The molecule has 0 spiro atoms. The third-order valence-corrected chi connectivity index (χ3v) is 1.66. The van der Waals surface area contributed by atoms with Crippen LogP contribution in [0, 0.1) is 0 Å². The number of alkyl halides is 2. The minimum absolute atomic E-state index is 0.0723. The molecule has 1 heterocycles. The minimum atomic E-state index is -1.10. The number of rotatable bonds is 2. The van der Waals surface area contributed by atoms with Gasteiger partial charge in [0.15, 0.2) is 12.6 Å².